The van der Waals surface area contributed by atoms with Crippen molar-refractivity contribution >= 4 is 16.9 Å². The molecule has 1 fully saturated rings. The van der Waals surface area contributed by atoms with Gasteiger partial charge in [0, 0.05) is 30.6 Å². The van der Waals surface area contributed by atoms with Crippen LogP contribution < -0.4 is 0 Å². The van der Waals surface area contributed by atoms with Crippen molar-refractivity contribution in [1.82, 2.24) is 14.9 Å². The van der Waals surface area contributed by atoms with Gasteiger partial charge in [0.25, 0.3) is 5.91 Å². The van der Waals surface area contributed by atoms with Gasteiger partial charge in [0.05, 0.1) is 19.5 Å². The molecule has 0 bridgehead atoms. The summed E-state index contributed by atoms with van der Waals surface area (Å²) in [6.45, 7) is 2.42. The summed E-state index contributed by atoms with van der Waals surface area (Å²) >= 11 is 0. The zero-order chi connectivity index (χ0) is 17.1. The fourth-order valence-electron chi connectivity index (χ4n) is 3.23. The number of carbonyl (C=O) groups excluding carboxylic acids is 1. The van der Waals surface area contributed by atoms with Crippen LogP contribution in [0.3, 0.4) is 0 Å². The van der Waals surface area contributed by atoms with Crippen LogP contribution in [0.1, 0.15) is 16.1 Å². The van der Waals surface area contributed by atoms with E-state index in [1.54, 1.807) is 18.5 Å². The van der Waals surface area contributed by atoms with Crippen LogP contribution >= 0.6 is 0 Å². The van der Waals surface area contributed by atoms with Crippen molar-refractivity contribution in [3.8, 4) is 0 Å². The van der Waals surface area contributed by atoms with E-state index in [0.29, 0.717) is 32.0 Å². The van der Waals surface area contributed by atoms with Crippen molar-refractivity contribution in [2.45, 2.75) is 6.42 Å². The average molecular weight is 337 g/mol. The van der Waals surface area contributed by atoms with E-state index in [1.165, 1.54) is 11.9 Å². The molecular weight excluding hydrogens is 318 g/mol. The number of furan rings is 1. The van der Waals surface area contributed by atoms with Crippen LogP contribution in [0.5, 0.6) is 0 Å². The van der Waals surface area contributed by atoms with Gasteiger partial charge in [-0.2, -0.15) is 0 Å². The molecule has 4 rings (SSSR count). The first-order valence-corrected chi connectivity index (χ1v) is 8.39. The van der Waals surface area contributed by atoms with Gasteiger partial charge in [-0.05, 0) is 30.2 Å². The smallest absolute Gasteiger partial charge is 0.272 e. The largest absolute Gasteiger partial charge is 0.464 e. The number of rotatable bonds is 3. The predicted molar refractivity (Wildman–Crippen MR) is 92.2 cm³/mol. The monoisotopic (exact) mass is 337 g/mol. The van der Waals surface area contributed by atoms with Crippen molar-refractivity contribution in [3.05, 3.63) is 60.4 Å². The molecule has 2 aromatic heterocycles. The highest BCUT2D eigenvalue weighted by Gasteiger charge is 2.24. The number of aromatic nitrogens is 2. The van der Waals surface area contributed by atoms with Crippen LogP contribution in [-0.4, -0.2) is 47.1 Å². The van der Waals surface area contributed by atoms with Crippen molar-refractivity contribution in [3.63, 3.8) is 0 Å². The molecule has 6 nitrogen and oxygen atoms in total. The molecular formula is C19H19N3O3. The van der Waals surface area contributed by atoms with Gasteiger partial charge < -0.3 is 14.1 Å². The van der Waals surface area contributed by atoms with Crippen LogP contribution in [-0.2, 0) is 11.2 Å². The van der Waals surface area contributed by atoms with Crippen molar-refractivity contribution < 1.29 is 13.9 Å². The molecule has 0 aliphatic carbocycles. The number of hydrogen-bond acceptors (Lipinski definition) is 5. The Labute approximate surface area is 145 Å². The predicted octanol–water partition coefficient (Wildman–Crippen LogP) is 2.55. The Morgan fingerprint density at radius 1 is 1.28 bits per heavy atom. The zero-order valence-corrected chi connectivity index (χ0v) is 13.8. The summed E-state index contributed by atoms with van der Waals surface area (Å²) in [6.07, 6.45) is 5.53. The number of ether oxygens (including phenoxy) is 1. The van der Waals surface area contributed by atoms with E-state index < -0.39 is 0 Å². The van der Waals surface area contributed by atoms with Gasteiger partial charge in [-0.15, -0.1) is 0 Å². The molecule has 1 aromatic carbocycles. The van der Waals surface area contributed by atoms with Crippen LogP contribution in [0.15, 0.2) is 53.5 Å². The van der Waals surface area contributed by atoms with Crippen LogP contribution in [0.25, 0.3) is 11.0 Å². The van der Waals surface area contributed by atoms with Gasteiger partial charge in [0.1, 0.15) is 17.6 Å². The van der Waals surface area contributed by atoms with E-state index in [0.717, 1.165) is 17.4 Å². The molecule has 3 aromatic rings. The molecule has 0 spiro atoms. The second kappa shape index (κ2) is 7.03. The minimum absolute atomic E-state index is 0.0700. The maximum Gasteiger partial charge on any atom is 0.272 e. The van der Waals surface area contributed by atoms with E-state index in [4.69, 9.17) is 9.15 Å². The maximum atomic E-state index is 12.7. The fraction of sp³-hybridized carbons (Fsp3) is 0.316. The van der Waals surface area contributed by atoms with E-state index in [9.17, 15) is 4.79 Å². The summed E-state index contributed by atoms with van der Waals surface area (Å²) in [7, 11) is 0. The van der Waals surface area contributed by atoms with Gasteiger partial charge in [-0.1, -0.05) is 12.1 Å². The first-order chi connectivity index (χ1) is 12.3. The molecule has 1 aliphatic rings. The Bertz CT molecular complexity index is 862. The summed E-state index contributed by atoms with van der Waals surface area (Å²) in [4.78, 5) is 22.4. The van der Waals surface area contributed by atoms with Crippen LogP contribution in [0.2, 0.25) is 0 Å². The number of benzene rings is 1. The SMILES string of the molecule is O=C(c1ccncn1)N1CCOC[C@H](Cc2ccc3ccoc3c2)C1. The van der Waals surface area contributed by atoms with Gasteiger partial charge in [-0.25, -0.2) is 9.97 Å². The average Bonchev–Trinajstić information content (AvgIpc) is 2.99. The molecule has 0 unspecified atom stereocenters. The number of hydrogen-bond donors (Lipinski definition) is 0. The lowest BCUT2D eigenvalue weighted by Crippen LogP contribution is -2.36. The lowest BCUT2D eigenvalue weighted by atomic mass is 9.99. The number of nitrogens with zero attached hydrogens (tertiary/aromatic N) is 3. The van der Waals surface area contributed by atoms with E-state index in [-0.39, 0.29) is 11.8 Å². The molecule has 1 atom stereocenters. The Hall–Kier alpha value is -2.73. The second-order valence-electron chi connectivity index (χ2n) is 6.28. The molecule has 0 saturated carbocycles. The summed E-state index contributed by atoms with van der Waals surface area (Å²) in [5.41, 5.74) is 2.50. The molecule has 25 heavy (non-hydrogen) atoms. The number of carbonyl (C=O) groups is 1. The van der Waals surface area contributed by atoms with Crippen molar-refractivity contribution in [1.29, 1.82) is 0 Å². The topological polar surface area (TPSA) is 68.5 Å². The first-order valence-electron chi connectivity index (χ1n) is 8.39. The Morgan fingerprint density at radius 2 is 2.24 bits per heavy atom. The maximum absolute atomic E-state index is 12.7. The van der Waals surface area contributed by atoms with Gasteiger partial charge >= 0.3 is 0 Å². The third-order valence-electron chi connectivity index (χ3n) is 4.47. The summed E-state index contributed by atoms with van der Waals surface area (Å²) in [5.74, 6) is 0.167. The molecule has 1 saturated heterocycles. The molecule has 0 radical (unpaired) electrons. The minimum atomic E-state index is -0.0700. The fourth-order valence-corrected chi connectivity index (χ4v) is 3.23. The third kappa shape index (κ3) is 3.53. The highest BCUT2D eigenvalue weighted by atomic mass is 16.5. The molecule has 1 aliphatic heterocycles. The van der Waals surface area contributed by atoms with E-state index in [2.05, 4.69) is 28.2 Å². The van der Waals surface area contributed by atoms with Crippen LogP contribution in [0.4, 0.5) is 0 Å². The molecule has 0 N–H and O–H groups in total. The highest BCUT2D eigenvalue weighted by molar-refractivity contribution is 5.92. The van der Waals surface area contributed by atoms with E-state index >= 15 is 0 Å². The second-order valence-corrected chi connectivity index (χ2v) is 6.28. The van der Waals surface area contributed by atoms with Gasteiger partial charge in [-0.3, -0.25) is 4.79 Å². The quantitative estimate of drug-likeness (QED) is 0.735. The number of amides is 1. The normalized spacial score (nSPS) is 18.2. The standard InChI is InChI=1S/C19H19N3O3/c23-19(17-3-5-20-13-21-17)22-6-8-24-12-15(11-22)9-14-1-2-16-4-7-25-18(16)10-14/h1-5,7,10,13,15H,6,8-9,11-12H2/t15-/m1/s1. The Kier molecular flexibility index (Phi) is 4.43. The highest BCUT2D eigenvalue weighted by Crippen LogP contribution is 2.21. The summed E-state index contributed by atoms with van der Waals surface area (Å²) < 4.78 is 11.2. The van der Waals surface area contributed by atoms with Crippen LogP contribution in [0, 0.1) is 5.92 Å². The molecule has 1 amide bonds. The first kappa shape index (κ1) is 15.8. The van der Waals surface area contributed by atoms with Crippen molar-refractivity contribution in [2.24, 2.45) is 5.92 Å². The molecule has 3 heterocycles. The molecule has 128 valence electrons. The Balaban J connectivity index is 1.48. The van der Waals surface area contributed by atoms with Gasteiger partial charge in [0.2, 0.25) is 0 Å². The third-order valence-corrected chi connectivity index (χ3v) is 4.47. The van der Waals surface area contributed by atoms with E-state index in [1.807, 2.05) is 11.0 Å². The lowest BCUT2D eigenvalue weighted by Gasteiger charge is -2.23. The van der Waals surface area contributed by atoms with Crippen molar-refractivity contribution in [2.75, 3.05) is 26.3 Å². The lowest BCUT2D eigenvalue weighted by molar-refractivity contribution is 0.0731. The van der Waals surface area contributed by atoms with Gasteiger partial charge in [0.15, 0.2) is 0 Å². The number of fused-ring (bicyclic) bond motifs is 1. The Morgan fingerprint density at radius 3 is 3.12 bits per heavy atom. The molecule has 6 heteroatoms. The minimum Gasteiger partial charge on any atom is -0.464 e. The summed E-state index contributed by atoms with van der Waals surface area (Å²) in [6, 6.07) is 9.84. The zero-order valence-electron chi connectivity index (χ0n) is 13.8. The summed E-state index contributed by atoms with van der Waals surface area (Å²) in [5, 5.41) is 1.10.